The van der Waals surface area contributed by atoms with Gasteiger partial charge in [0.25, 0.3) is 0 Å². The zero-order chi connectivity index (χ0) is 12.1. The fourth-order valence-electron chi connectivity index (χ4n) is 2.29. The van der Waals surface area contributed by atoms with Gasteiger partial charge in [-0.2, -0.15) is 0 Å². The van der Waals surface area contributed by atoms with Crippen LogP contribution in [0.2, 0.25) is 0 Å². The minimum absolute atomic E-state index is 0.396. The van der Waals surface area contributed by atoms with Gasteiger partial charge in [0.1, 0.15) is 18.0 Å². The molecule has 0 aromatic carbocycles. The molecular formula is C13H22N4. The summed E-state index contributed by atoms with van der Waals surface area (Å²) in [5, 5.41) is 6.69. The molecule has 0 radical (unpaired) electrons. The summed E-state index contributed by atoms with van der Waals surface area (Å²) in [5.41, 5.74) is 0. The number of nitrogens with one attached hydrogen (secondary N) is 2. The number of anilines is 2. The van der Waals surface area contributed by atoms with Crippen LogP contribution >= 0.6 is 0 Å². The van der Waals surface area contributed by atoms with Crippen molar-refractivity contribution in [3.8, 4) is 0 Å². The Morgan fingerprint density at radius 2 is 1.94 bits per heavy atom. The predicted molar refractivity (Wildman–Crippen MR) is 71.2 cm³/mol. The first-order chi connectivity index (χ1) is 8.24. The van der Waals surface area contributed by atoms with Crippen molar-refractivity contribution in [2.45, 2.75) is 45.6 Å². The fraction of sp³-hybridized carbons (Fsp3) is 0.692. The topological polar surface area (TPSA) is 49.8 Å². The third kappa shape index (κ3) is 3.88. The highest BCUT2D eigenvalue weighted by atomic mass is 15.1. The molecule has 17 heavy (non-hydrogen) atoms. The van der Waals surface area contributed by atoms with Crippen LogP contribution < -0.4 is 10.6 Å². The van der Waals surface area contributed by atoms with Crippen molar-refractivity contribution in [3.63, 3.8) is 0 Å². The standard InChI is InChI=1S/C13H22N4/c1-10(2)17-13-7-12(15-9-16-13)14-8-11-5-3-4-6-11/h7,9-11H,3-6,8H2,1-2H3,(H2,14,15,16,17). The van der Waals surface area contributed by atoms with Crippen LogP contribution in [-0.2, 0) is 0 Å². The quantitative estimate of drug-likeness (QED) is 0.822. The molecule has 0 unspecified atom stereocenters. The Bertz CT molecular complexity index is 345. The van der Waals surface area contributed by atoms with Crippen LogP contribution in [0.1, 0.15) is 39.5 Å². The second-order valence-electron chi connectivity index (χ2n) is 5.12. The largest absolute Gasteiger partial charge is 0.370 e. The molecule has 0 bridgehead atoms. The van der Waals surface area contributed by atoms with E-state index < -0.39 is 0 Å². The summed E-state index contributed by atoms with van der Waals surface area (Å²) in [6, 6.07) is 2.38. The number of aromatic nitrogens is 2. The van der Waals surface area contributed by atoms with Gasteiger partial charge in [0.15, 0.2) is 0 Å². The summed E-state index contributed by atoms with van der Waals surface area (Å²) in [6.45, 7) is 5.25. The maximum Gasteiger partial charge on any atom is 0.131 e. The summed E-state index contributed by atoms with van der Waals surface area (Å²) in [5.74, 6) is 2.64. The lowest BCUT2D eigenvalue weighted by molar-refractivity contribution is 0.579. The Kier molecular flexibility index (Phi) is 4.18. The van der Waals surface area contributed by atoms with E-state index in [0.29, 0.717) is 6.04 Å². The Morgan fingerprint density at radius 1 is 1.24 bits per heavy atom. The van der Waals surface area contributed by atoms with Crippen molar-refractivity contribution in [2.75, 3.05) is 17.2 Å². The molecule has 0 atom stereocenters. The zero-order valence-corrected chi connectivity index (χ0v) is 10.7. The van der Waals surface area contributed by atoms with Gasteiger partial charge in [-0.25, -0.2) is 9.97 Å². The van der Waals surface area contributed by atoms with Crippen molar-refractivity contribution in [2.24, 2.45) is 5.92 Å². The molecule has 4 heteroatoms. The Labute approximate surface area is 103 Å². The van der Waals surface area contributed by atoms with Gasteiger partial charge in [0.05, 0.1) is 0 Å². The van der Waals surface area contributed by atoms with Crippen LogP contribution in [0, 0.1) is 5.92 Å². The molecule has 2 rings (SSSR count). The summed E-state index contributed by atoms with van der Waals surface area (Å²) in [7, 11) is 0. The molecule has 1 saturated carbocycles. The van der Waals surface area contributed by atoms with Crippen molar-refractivity contribution in [3.05, 3.63) is 12.4 Å². The van der Waals surface area contributed by atoms with Gasteiger partial charge in [0, 0.05) is 18.7 Å². The molecule has 0 spiro atoms. The molecule has 0 aliphatic heterocycles. The van der Waals surface area contributed by atoms with Crippen LogP contribution in [0.25, 0.3) is 0 Å². The maximum absolute atomic E-state index is 4.25. The lowest BCUT2D eigenvalue weighted by Crippen LogP contribution is -2.14. The summed E-state index contributed by atoms with van der Waals surface area (Å²) in [6.07, 6.45) is 7.10. The third-order valence-electron chi connectivity index (χ3n) is 3.15. The number of nitrogens with zero attached hydrogens (tertiary/aromatic N) is 2. The highest BCUT2D eigenvalue weighted by Crippen LogP contribution is 2.24. The molecule has 94 valence electrons. The molecule has 1 aromatic rings. The molecule has 0 amide bonds. The lowest BCUT2D eigenvalue weighted by atomic mass is 10.1. The van der Waals surface area contributed by atoms with Crippen molar-refractivity contribution in [1.29, 1.82) is 0 Å². The van der Waals surface area contributed by atoms with Crippen LogP contribution in [0.3, 0.4) is 0 Å². The van der Waals surface area contributed by atoms with Gasteiger partial charge in [-0.15, -0.1) is 0 Å². The van der Waals surface area contributed by atoms with E-state index in [1.807, 2.05) is 6.07 Å². The first-order valence-electron chi connectivity index (χ1n) is 6.56. The van der Waals surface area contributed by atoms with E-state index in [1.165, 1.54) is 25.7 Å². The molecule has 1 heterocycles. The van der Waals surface area contributed by atoms with Gasteiger partial charge in [-0.1, -0.05) is 12.8 Å². The monoisotopic (exact) mass is 234 g/mol. The van der Waals surface area contributed by atoms with Gasteiger partial charge in [0.2, 0.25) is 0 Å². The smallest absolute Gasteiger partial charge is 0.131 e. The second-order valence-corrected chi connectivity index (χ2v) is 5.12. The van der Waals surface area contributed by atoms with E-state index in [-0.39, 0.29) is 0 Å². The highest BCUT2D eigenvalue weighted by molar-refractivity contribution is 5.46. The first kappa shape index (κ1) is 12.1. The number of rotatable bonds is 5. The fourth-order valence-corrected chi connectivity index (χ4v) is 2.29. The third-order valence-corrected chi connectivity index (χ3v) is 3.15. The Balaban J connectivity index is 1.86. The van der Waals surface area contributed by atoms with Crippen LogP contribution in [0.5, 0.6) is 0 Å². The summed E-state index contributed by atoms with van der Waals surface area (Å²) in [4.78, 5) is 8.44. The molecule has 2 N–H and O–H groups in total. The highest BCUT2D eigenvalue weighted by Gasteiger charge is 2.14. The van der Waals surface area contributed by atoms with Gasteiger partial charge >= 0.3 is 0 Å². The minimum Gasteiger partial charge on any atom is -0.370 e. The Morgan fingerprint density at radius 3 is 2.65 bits per heavy atom. The van der Waals surface area contributed by atoms with E-state index >= 15 is 0 Å². The average molecular weight is 234 g/mol. The second kappa shape index (κ2) is 5.84. The molecule has 1 aromatic heterocycles. The molecule has 4 nitrogen and oxygen atoms in total. The lowest BCUT2D eigenvalue weighted by Gasteiger charge is -2.13. The molecule has 1 fully saturated rings. The van der Waals surface area contributed by atoms with Crippen LogP contribution in [0.4, 0.5) is 11.6 Å². The average Bonchev–Trinajstić information content (AvgIpc) is 2.79. The van der Waals surface area contributed by atoms with E-state index in [9.17, 15) is 0 Å². The number of hydrogen-bond acceptors (Lipinski definition) is 4. The minimum atomic E-state index is 0.396. The van der Waals surface area contributed by atoms with Gasteiger partial charge in [-0.3, -0.25) is 0 Å². The SMILES string of the molecule is CC(C)Nc1cc(NCC2CCCC2)ncn1. The maximum atomic E-state index is 4.25. The van der Waals surface area contributed by atoms with E-state index in [0.717, 1.165) is 24.1 Å². The predicted octanol–water partition coefficient (Wildman–Crippen LogP) is 2.90. The first-order valence-corrected chi connectivity index (χ1v) is 6.56. The molecular weight excluding hydrogens is 212 g/mol. The number of hydrogen-bond donors (Lipinski definition) is 2. The molecule has 1 aliphatic carbocycles. The zero-order valence-electron chi connectivity index (χ0n) is 10.7. The van der Waals surface area contributed by atoms with E-state index in [1.54, 1.807) is 6.33 Å². The molecule has 0 saturated heterocycles. The van der Waals surface area contributed by atoms with Gasteiger partial charge < -0.3 is 10.6 Å². The van der Waals surface area contributed by atoms with Gasteiger partial charge in [-0.05, 0) is 32.6 Å². The summed E-state index contributed by atoms with van der Waals surface area (Å²) < 4.78 is 0. The Hall–Kier alpha value is -1.32. The van der Waals surface area contributed by atoms with E-state index in [2.05, 4.69) is 34.4 Å². The summed E-state index contributed by atoms with van der Waals surface area (Å²) >= 11 is 0. The van der Waals surface area contributed by atoms with E-state index in [4.69, 9.17) is 0 Å². The van der Waals surface area contributed by atoms with Crippen molar-refractivity contribution < 1.29 is 0 Å². The van der Waals surface area contributed by atoms with Crippen molar-refractivity contribution >= 4 is 11.6 Å². The van der Waals surface area contributed by atoms with Crippen LogP contribution in [-0.4, -0.2) is 22.6 Å². The molecule has 1 aliphatic rings. The van der Waals surface area contributed by atoms with Crippen molar-refractivity contribution in [1.82, 2.24) is 9.97 Å². The van der Waals surface area contributed by atoms with Crippen LogP contribution in [0.15, 0.2) is 12.4 Å². The normalized spacial score (nSPS) is 16.4.